The van der Waals surface area contributed by atoms with E-state index in [-0.39, 0.29) is 29.7 Å². The van der Waals surface area contributed by atoms with Gasteiger partial charge >= 0.3 is 0 Å². The van der Waals surface area contributed by atoms with E-state index >= 15 is 0 Å². The lowest BCUT2D eigenvalue weighted by Gasteiger charge is -2.34. The number of rotatable bonds is 3. The number of ketones is 1. The highest BCUT2D eigenvalue weighted by atomic mass is 32.2. The molecular weight excluding hydrogens is 376 g/mol. The SMILES string of the molecule is CS(=O)(=O)c1cc([N+](=O)[O-])ccc1-n1c(O)c2c(c1O)[C@@H]1CC[C@H]2CC1=O. The van der Waals surface area contributed by atoms with Gasteiger partial charge in [0.1, 0.15) is 5.78 Å². The number of carbonyl (C=O) groups excluding carboxylic acids is 1. The number of nitro benzene ring substituents is 1. The van der Waals surface area contributed by atoms with Gasteiger partial charge < -0.3 is 10.2 Å². The van der Waals surface area contributed by atoms with Crippen molar-refractivity contribution in [3.63, 3.8) is 0 Å². The van der Waals surface area contributed by atoms with E-state index in [1.54, 1.807) is 0 Å². The van der Waals surface area contributed by atoms with Crippen LogP contribution in [0, 0.1) is 10.1 Å². The number of Topliss-reactive ketones (excluding diaryl/α,β-unsaturated/α-hetero) is 1. The molecule has 2 N–H and O–H groups in total. The van der Waals surface area contributed by atoms with Crippen LogP contribution in [0.15, 0.2) is 23.1 Å². The van der Waals surface area contributed by atoms with Crippen LogP contribution >= 0.6 is 0 Å². The Labute approximate surface area is 153 Å². The van der Waals surface area contributed by atoms with E-state index in [1.807, 2.05) is 0 Å². The summed E-state index contributed by atoms with van der Waals surface area (Å²) in [5, 5.41) is 32.5. The first-order valence-corrected chi connectivity index (χ1v) is 10.2. The van der Waals surface area contributed by atoms with Gasteiger partial charge in [-0.1, -0.05) is 0 Å². The number of sulfone groups is 1. The van der Waals surface area contributed by atoms with Crippen molar-refractivity contribution in [1.82, 2.24) is 4.57 Å². The first kappa shape index (κ1) is 17.5. The summed E-state index contributed by atoms with van der Waals surface area (Å²) < 4.78 is 25.4. The molecule has 0 radical (unpaired) electrons. The van der Waals surface area contributed by atoms with E-state index in [1.165, 1.54) is 6.07 Å². The largest absolute Gasteiger partial charge is 0.494 e. The number of aromatic nitrogens is 1. The topological polar surface area (TPSA) is 140 Å². The lowest BCUT2D eigenvalue weighted by Crippen LogP contribution is -2.28. The third-order valence-electron chi connectivity index (χ3n) is 5.39. The minimum absolute atomic E-state index is 0.0155. The van der Waals surface area contributed by atoms with Crippen LogP contribution in [-0.4, -0.2) is 40.2 Å². The standard InChI is InChI=1S/C17H16N2O7S/c1-27(25,26)13-7-9(19(23)24)3-5-11(13)18-16(21)14-8-2-4-10(12(20)6-8)15(14)17(18)22/h3,5,7-8,10,21-22H,2,4,6H2,1H3/t8-,10+/m0/s1. The third-order valence-corrected chi connectivity index (χ3v) is 6.51. The number of hydrogen-bond donors (Lipinski definition) is 2. The number of hydrogen-bond acceptors (Lipinski definition) is 7. The van der Waals surface area contributed by atoms with E-state index in [0.717, 1.165) is 23.0 Å². The van der Waals surface area contributed by atoms with Gasteiger partial charge in [-0.05, 0) is 24.8 Å². The van der Waals surface area contributed by atoms with Gasteiger partial charge in [0.2, 0.25) is 11.8 Å². The van der Waals surface area contributed by atoms with Crippen molar-refractivity contribution in [1.29, 1.82) is 0 Å². The number of fused-ring (bicyclic) bond motifs is 2. The van der Waals surface area contributed by atoms with Gasteiger partial charge in [-0.25, -0.2) is 13.0 Å². The van der Waals surface area contributed by atoms with Gasteiger partial charge in [0, 0.05) is 41.9 Å². The lowest BCUT2D eigenvalue weighted by atomic mass is 9.67. The Kier molecular flexibility index (Phi) is 3.61. The molecule has 3 aliphatic carbocycles. The van der Waals surface area contributed by atoms with Crippen molar-refractivity contribution >= 4 is 21.3 Å². The minimum Gasteiger partial charge on any atom is -0.494 e. The minimum atomic E-state index is -3.91. The Balaban J connectivity index is 2.02. The van der Waals surface area contributed by atoms with E-state index < -0.39 is 37.1 Å². The highest BCUT2D eigenvalue weighted by molar-refractivity contribution is 7.90. The van der Waals surface area contributed by atoms with Crippen molar-refractivity contribution in [2.45, 2.75) is 36.0 Å². The van der Waals surface area contributed by atoms with Gasteiger partial charge in [0.25, 0.3) is 5.69 Å². The van der Waals surface area contributed by atoms with Crippen LogP contribution in [0.5, 0.6) is 11.8 Å². The summed E-state index contributed by atoms with van der Waals surface area (Å²) in [6, 6.07) is 3.16. The first-order valence-electron chi connectivity index (χ1n) is 8.29. The molecule has 5 rings (SSSR count). The molecule has 3 aliphatic rings. The van der Waals surface area contributed by atoms with Crippen molar-refractivity contribution < 1.29 is 28.3 Å². The molecule has 0 amide bonds. The summed E-state index contributed by atoms with van der Waals surface area (Å²) in [6.45, 7) is 0. The summed E-state index contributed by atoms with van der Waals surface area (Å²) in [5.41, 5.74) is 0.267. The predicted molar refractivity (Wildman–Crippen MR) is 93.2 cm³/mol. The zero-order chi connectivity index (χ0) is 19.7. The molecule has 2 bridgehead atoms. The van der Waals surface area contributed by atoms with E-state index in [4.69, 9.17) is 0 Å². The molecule has 1 fully saturated rings. The van der Waals surface area contributed by atoms with Crippen LogP contribution in [0.4, 0.5) is 5.69 Å². The summed E-state index contributed by atoms with van der Waals surface area (Å²) >= 11 is 0. The number of nitro groups is 1. The molecule has 9 nitrogen and oxygen atoms in total. The molecule has 1 aromatic carbocycles. The molecule has 1 heterocycles. The fourth-order valence-electron chi connectivity index (χ4n) is 4.22. The van der Waals surface area contributed by atoms with Crippen LogP contribution < -0.4 is 0 Å². The normalized spacial score (nSPS) is 21.3. The maximum Gasteiger partial charge on any atom is 0.270 e. The van der Waals surface area contributed by atoms with Crippen LogP contribution in [0.2, 0.25) is 0 Å². The van der Waals surface area contributed by atoms with E-state index in [2.05, 4.69) is 0 Å². The molecule has 27 heavy (non-hydrogen) atoms. The zero-order valence-corrected chi connectivity index (χ0v) is 15.1. The Hall–Kier alpha value is -2.88. The van der Waals surface area contributed by atoms with E-state index in [0.29, 0.717) is 24.0 Å². The predicted octanol–water partition coefficient (Wildman–Crippen LogP) is 2.13. The second kappa shape index (κ2) is 5.56. The summed E-state index contributed by atoms with van der Waals surface area (Å²) in [5.74, 6) is -1.51. The molecule has 1 aromatic heterocycles. The van der Waals surface area contributed by atoms with Crippen LogP contribution in [0.3, 0.4) is 0 Å². The Bertz CT molecular complexity index is 1120. The highest BCUT2D eigenvalue weighted by Gasteiger charge is 2.45. The average molecular weight is 392 g/mol. The van der Waals surface area contributed by atoms with Crippen molar-refractivity contribution in [3.05, 3.63) is 39.4 Å². The average Bonchev–Trinajstić information content (AvgIpc) is 2.87. The van der Waals surface area contributed by atoms with Gasteiger partial charge in [0.15, 0.2) is 9.84 Å². The maximum absolute atomic E-state index is 12.2. The number of aromatic hydroxyl groups is 2. The molecule has 2 atom stereocenters. The third kappa shape index (κ3) is 2.43. The summed E-state index contributed by atoms with van der Waals surface area (Å²) in [6.07, 6.45) is 2.42. The van der Waals surface area contributed by atoms with Crippen LogP contribution in [-0.2, 0) is 14.6 Å². The van der Waals surface area contributed by atoms with Gasteiger partial charge in [-0.3, -0.25) is 14.9 Å². The quantitative estimate of drug-likeness (QED) is 0.602. The number of nitrogens with zero attached hydrogens (tertiary/aromatic N) is 2. The Morgan fingerprint density at radius 3 is 2.44 bits per heavy atom. The lowest BCUT2D eigenvalue weighted by molar-refractivity contribution is -0.385. The van der Waals surface area contributed by atoms with Crippen molar-refractivity contribution in [3.8, 4) is 17.4 Å². The number of benzene rings is 1. The second-order valence-corrected chi connectivity index (χ2v) is 8.97. The molecule has 0 unspecified atom stereocenters. The molecule has 0 saturated heterocycles. The Morgan fingerprint density at radius 1 is 1.19 bits per heavy atom. The highest BCUT2D eigenvalue weighted by Crippen LogP contribution is 2.56. The Morgan fingerprint density at radius 2 is 1.85 bits per heavy atom. The monoisotopic (exact) mass is 392 g/mol. The molecule has 10 heteroatoms. The fourth-order valence-corrected chi connectivity index (χ4v) is 5.10. The van der Waals surface area contributed by atoms with Gasteiger partial charge in [-0.15, -0.1) is 0 Å². The van der Waals surface area contributed by atoms with Crippen LogP contribution in [0.1, 0.15) is 42.2 Å². The van der Waals surface area contributed by atoms with Gasteiger partial charge in [-0.2, -0.15) is 0 Å². The smallest absolute Gasteiger partial charge is 0.270 e. The zero-order valence-electron chi connectivity index (χ0n) is 14.2. The van der Waals surface area contributed by atoms with Crippen molar-refractivity contribution in [2.75, 3.05) is 6.26 Å². The summed E-state index contributed by atoms with van der Waals surface area (Å²) in [7, 11) is -3.91. The van der Waals surface area contributed by atoms with Crippen LogP contribution in [0.25, 0.3) is 5.69 Å². The van der Waals surface area contributed by atoms with E-state index in [9.17, 15) is 33.5 Å². The first-order chi connectivity index (χ1) is 12.6. The number of non-ortho nitro benzene ring substituents is 1. The molecule has 0 spiro atoms. The molecule has 1 saturated carbocycles. The van der Waals surface area contributed by atoms with Gasteiger partial charge in [0.05, 0.1) is 15.5 Å². The molecule has 0 aliphatic heterocycles. The second-order valence-electron chi connectivity index (χ2n) is 6.99. The molecule has 142 valence electrons. The fraction of sp³-hybridized carbons (Fsp3) is 0.353. The number of carbonyl (C=O) groups is 1. The summed E-state index contributed by atoms with van der Waals surface area (Å²) in [4.78, 5) is 22.1. The van der Waals surface area contributed by atoms with Crippen molar-refractivity contribution in [2.24, 2.45) is 0 Å². The molecule has 2 aromatic rings. The molecular formula is C17H16N2O7S. The maximum atomic E-state index is 12.2.